The van der Waals surface area contributed by atoms with E-state index in [0.29, 0.717) is 0 Å². The van der Waals surface area contributed by atoms with E-state index < -0.39 is 8.07 Å². The zero-order valence-corrected chi connectivity index (χ0v) is 12.0. The molecule has 0 saturated carbocycles. The molecule has 0 atom stereocenters. The van der Waals surface area contributed by atoms with Crippen molar-refractivity contribution in [1.29, 1.82) is 0 Å². The van der Waals surface area contributed by atoms with Crippen LogP contribution in [-0.4, -0.2) is 12.6 Å². The molecule has 0 bridgehead atoms. The Morgan fingerprint density at radius 3 is 2.65 bits per heavy atom. The number of hydrogen-bond acceptors (Lipinski definition) is 0. The average molecular weight is 245 g/mol. The third-order valence-electron chi connectivity index (χ3n) is 2.75. The first-order valence-corrected chi connectivity index (χ1v) is 9.80. The van der Waals surface area contributed by atoms with Gasteiger partial charge in [-0.25, -0.2) is 9.13 Å². The van der Waals surface area contributed by atoms with Crippen LogP contribution < -0.4 is 4.57 Å². The van der Waals surface area contributed by atoms with Crippen LogP contribution in [0.2, 0.25) is 19.6 Å². The standard InChI is InChI=1S/C14H21N2Si/c1-5-10-15-11-16(12-17(2,3)4)14-9-7-6-8-13(14)15/h5-9,11H,1,10,12H2,2-4H3/q+1. The zero-order valence-electron chi connectivity index (χ0n) is 11.0. The normalized spacial score (nSPS) is 11.9. The minimum absolute atomic E-state index is 0.874. The molecule has 0 spiro atoms. The number of nitrogens with zero attached hydrogens (tertiary/aromatic N) is 2. The molecule has 1 aromatic heterocycles. The van der Waals surface area contributed by atoms with Crippen molar-refractivity contribution in [3.63, 3.8) is 0 Å². The molecule has 0 N–H and O–H groups in total. The summed E-state index contributed by atoms with van der Waals surface area (Å²) >= 11 is 0. The van der Waals surface area contributed by atoms with E-state index in [2.05, 4.69) is 65.9 Å². The average Bonchev–Trinajstić information content (AvgIpc) is 2.56. The quantitative estimate of drug-likeness (QED) is 0.445. The van der Waals surface area contributed by atoms with Crippen molar-refractivity contribution >= 4 is 19.1 Å². The molecule has 0 saturated heterocycles. The molecule has 17 heavy (non-hydrogen) atoms. The smallest absolute Gasteiger partial charge is 0.233 e. The maximum atomic E-state index is 3.83. The number of imidazole rings is 1. The lowest BCUT2D eigenvalue weighted by Crippen LogP contribution is -2.45. The number of fused-ring (bicyclic) bond motifs is 1. The molecule has 0 amide bonds. The molecule has 0 fully saturated rings. The highest BCUT2D eigenvalue weighted by molar-refractivity contribution is 6.74. The molecule has 0 radical (unpaired) electrons. The van der Waals surface area contributed by atoms with Gasteiger partial charge in [0.15, 0.2) is 11.0 Å². The van der Waals surface area contributed by atoms with Gasteiger partial charge in [-0.15, -0.1) is 0 Å². The first-order chi connectivity index (χ1) is 8.01. The van der Waals surface area contributed by atoms with E-state index >= 15 is 0 Å². The van der Waals surface area contributed by atoms with Gasteiger partial charge in [0, 0.05) is 0 Å². The fourth-order valence-corrected chi connectivity index (χ4v) is 3.44. The Hall–Kier alpha value is -1.35. The van der Waals surface area contributed by atoms with Crippen molar-refractivity contribution in [2.75, 3.05) is 0 Å². The molecular weight excluding hydrogens is 224 g/mol. The summed E-state index contributed by atoms with van der Waals surface area (Å²) < 4.78 is 4.66. The molecular formula is C14H21N2Si+. The van der Waals surface area contributed by atoms with Gasteiger partial charge in [0.2, 0.25) is 6.33 Å². The Labute approximate surface area is 104 Å². The molecule has 0 aliphatic heterocycles. The van der Waals surface area contributed by atoms with Gasteiger partial charge in [-0.2, -0.15) is 0 Å². The highest BCUT2D eigenvalue weighted by Gasteiger charge is 2.21. The van der Waals surface area contributed by atoms with Crippen molar-refractivity contribution in [1.82, 2.24) is 4.57 Å². The lowest BCUT2D eigenvalue weighted by molar-refractivity contribution is -0.655. The summed E-state index contributed by atoms with van der Waals surface area (Å²) in [6.45, 7) is 11.9. The summed E-state index contributed by atoms with van der Waals surface area (Å²) in [5, 5.41) is 0. The van der Waals surface area contributed by atoms with Gasteiger partial charge in [0.05, 0.1) is 14.2 Å². The van der Waals surface area contributed by atoms with Crippen molar-refractivity contribution in [3.05, 3.63) is 43.2 Å². The Balaban J connectivity index is 2.52. The molecule has 2 rings (SSSR count). The molecule has 90 valence electrons. The highest BCUT2D eigenvalue weighted by Crippen LogP contribution is 2.12. The minimum atomic E-state index is -1.10. The van der Waals surface area contributed by atoms with Crippen LogP contribution in [0.15, 0.2) is 43.2 Å². The Bertz CT molecular complexity index is 535. The van der Waals surface area contributed by atoms with Crippen molar-refractivity contribution < 1.29 is 4.57 Å². The molecule has 0 aliphatic rings. The van der Waals surface area contributed by atoms with Crippen LogP contribution in [0.3, 0.4) is 0 Å². The monoisotopic (exact) mass is 245 g/mol. The largest absolute Gasteiger partial charge is 0.244 e. The molecule has 0 unspecified atom stereocenters. The topological polar surface area (TPSA) is 8.81 Å². The van der Waals surface area contributed by atoms with Crippen LogP contribution in [0.5, 0.6) is 0 Å². The van der Waals surface area contributed by atoms with Gasteiger partial charge in [0.1, 0.15) is 6.54 Å². The third-order valence-corrected chi connectivity index (χ3v) is 4.04. The molecule has 2 aromatic rings. The second-order valence-electron chi connectivity index (χ2n) is 5.73. The number of aromatic nitrogens is 2. The number of para-hydroxylation sites is 2. The SMILES string of the molecule is C=CCn1c[n+](C[Si](C)(C)C)c2ccccc21. The van der Waals surface area contributed by atoms with Crippen LogP contribution in [0.4, 0.5) is 0 Å². The summed E-state index contributed by atoms with van der Waals surface area (Å²) in [5.41, 5.74) is 2.63. The van der Waals surface area contributed by atoms with Crippen LogP contribution in [0, 0.1) is 0 Å². The first-order valence-electron chi connectivity index (χ1n) is 6.09. The number of hydrogen-bond donors (Lipinski definition) is 0. The van der Waals surface area contributed by atoms with Gasteiger partial charge < -0.3 is 0 Å². The summed E-state index contributed by atoms with van der Waals surface area (Å²) in [6.07, 6.45) is 5.34. The molecule has 2 nitrogen and oxygen atoms in total. The molecule has 3 heteroatoms. The van der Waals surface area contributed by atoms with Crippen LogP contribution >= 0.6 is 0 Å². The predicted molar refractivity (Wildman–Crippen MR) is 75.7 cm³/mol. The van der Waals surface area contributed by atoms with E-state index in [1.165, 1.54) is 11.0 Å². The van der Waals surface area contributed by atoms with Gasteiger partial charge in [-0.1, -0.05) is 44.4 Å². The van der Waals surface area contributed by atoms with E-state index in [0.717, 1.165) is 12.7 Å². The Kier molecular flexibility index (Phi) is 3.20. The summed E-state index contributed by atoms with van der Waals surface area (Å²) in [7, 11) is -1.10. The number of benzene rings is 1. The second kappa shape index (κ2) is 4.49. The van der Waals surface area contributed by atoms with Crippen LogP contribution in [0.1, 0.15) is 0 Å². The van der Waals surface area contributed by atoms with Gasteiger partial charge in [-0.3, -0.25) is 0 Å². The highest BCUT2D eigenvalue weighted by atomic mass is 28.3. The minimum Gasteiger partial charge on any atom is -0.233 e. The van der Waals surface area contributed by atoms with E-state index in [1.807, 2.05) is 6.08 Å². The first kappa shape index (κ1) is 12.1. The van der Waals surface area contributed by atoms with Gasteiger partial charge in [-0.05, 0) is 12.1 Å². The lowest BCUT2D eigenvalue weighted by Gasteiger charge is -2.12. The molecule has 0 aliphatic carbocycles. The third kappa shape index (κ3) is 2.67. The summed E-state index contributed by atoms with van der Waals surface area (Å²) in [6, 6.07) is 8.59. The van der Waals surface area contributed by atoms with Gasteiger partial charge in [0.25, 0.3) is 0 Å². The van der Waals surface area contributed by atoms with Crippen molar-refractivity contribution in [3.8, 4) is 0 Å². The maximum absolute atomic E-state index is 3.83. The van der Waals surface area contributed by atoms with Crippen molar-refractivity contribution in [2.24, 2.45) is 0 Å². The van der Waals surface area contributed by atoms with Crippen LogP contribution in [-0.2, 0) is 12.7 Å². The molecule has 1 aromatic carbocycles. The fourth-order valence-electron chi connectivity index (χ4n) is 2.16. The summed E-state index contributed by atoms with van der Waals surface area (Å²) in [5.74, 6) is 0. The van der Waals surface area contributed by atoms with E-state index in [-0.39, 0.29) is 0 Å². The van der Waals surface area contributed by atoms with Crippen LogP contribution in [0.25, 0.3) is 11.0 Å². The maximum Gasteiger partial charge on any atom is 0.244 e. The van der Waals surface area contributed by atoms with Gasteiger partial charge >= 0.3 is 0 Å². The fraction of sp³-hybridized carbons (Fsp3) is 0.357. The Morgan fingerprint density at radius 2 is 2.00 bits per heavy atom. The number of rotatable bonds is 4. The second-order valence-corrected chi connectivity index (χ2v) is 11.2. The van der Waals surface area contributed by atoms with Crippen molar-refractivity contribution in [2.45, 2.75) is 32.4 Å². The van der Waals surface area contributed by atoms with E-state index in [1.54, 1.807) is 0 Å². The molecule has 1 heterocycles. The summed E-state index contributed by atoms with van der Waals surface area (Å²) in [4.78, 5) is 0. The van der Waals surface area contributed by atoms with E-state index in [9.17, 15) is 0 Å². The number of allylic oxidation sites excluding steroid dienone is 1. The lowest BCUT2D eigenvalue weighted by atomic mass is 10.3. The predicted octanol–water partition coefficient (Wildman–Crippen LogP) is 2.99. The zero-order chi connectivity index (χ0) is 12.5. The van der Waals surface area contributed by atoms with E-state index in [4.69, 9.17) is 0 Å². The Morgan fingerprint density at radius 1 is 1.29 bits per heavy atom.